The molecule has 1 heteroatoms. The molecule has 0 aliphatic rings. The van der Waals surface area contributed by atoms with Crippen LogP contribution in [0, 0.1) is 5.92 Å². The molecule has 1 unspecified atom stereocenters. The Morgan fingerprint density at radius 1 is 0.833 bits per heavy atom. The van der Waals surface area contributed by atoms with Crippen molar-refractivity contribution in [2.45, 2.75) is 59.3 Å². The lowest BCUT2D eigenvalue weighted by molar-refractivity contribution is 0.281. The molecule has 0 radical (unpaired) electrons. The van der Waals surface area contributed by atoms with Crippen LogP contribution in [-0.4, -0.2) is 6.61 Å². The van der Waals surface area contributed by atoms with Crippen molar-refractivity contribution in [2.24, 2.45) is 5.92 Å². The van der Waals surface area contributed by atoms with Crippen LogP contribution in [0.1, 0.15) is 58.4 Å². The van der Waals surface area contributed by atoms with Gasteiger partial charge >= 0.3 is 0 Å². The molecule has 0 amide bonds. The summed E-state index contributed by atoms with van der Waals surface area (Å²) in [7, 11) is 0. The van der Waals surface area contributed by atoms with E-state index in [1.807, 2.05) is 30.3 Å². The maximum absolute atomic E-state index is 5.58. The third-order valence-electron chi connectivity index (χ3n) is 4.23. The lowest BCUT2D eigenvalue weighted by atomic mass is 10.1. The molecule has 0 saturated carbocycles. The van der Waals surface area contributed by atoms with E-state index in [2.05, 4.69) is 51.1 Å². The number of unbranched alkanes of at least 4 members (excludes halogenated alkanes) is 2. The van der Waals surface area contributed by atoms with Crippen LogP contribution >= 0.6 is 0 Å². The Morgan fingerprint density at radius 2 is 1.46 bits per heavy atom. The Kier molecular flexibility index (Phi) is 11.5. The predicted molar refractivity (Wildman–Crippen MR) is 106 cm³/mol. The fourth-order valence-electron chi connectivity index (χ4n) is 2.32. The van der Waals surface area contributed by atoms with Crippen molar-refractivity contribution in [2.75, 3.05) is 6.61 Å². The van der Waals surface area contributed by atoms with E-state index < -0.39 is 0 Å². The van der Waals surface area contributed by atoms with Crippen molar-refractivity contribution in [3.63, 3.8) is 0 Å². The molecule has 0 heterocycles. The maximum Gasteiger partial charge on any atom is 0.119 e. The molecule has 0 saturated heterocycles. The van der Waals surface area contributed by atoms with Crippen molar-refractivity contribution in [1.82, 2.24) is 0 Å². The van der Waals surface area contributed by atoms with Crippen molar-refractivity contribution >= 4 is 0 Å². The van der Waals surface area contributed by atoms with Crippen LogP contribution in [0.2, 0.25) is 0 Å². The minimum atomic E-state index is 0.767. The molecule has 0 bridgehead atoms. The number of hydrogen-bond acceptors (Lipinski definition) is 1. The lowest BCUT2D eigenvalue weighted by Gasteiger charge is -2.09. The van der Waals surface area contributed by atoms with Gasteiger partial charge in [0.15, 0.2) is 0 Å². The second-order valence-corrected chi connectivity index (χ2v) is 6.41. The van der Waals surface area contributed by atoms with Gasteiger partial charge in [-0.05, 0) is 42.9 Å². The number of ether oxygens (including phenoxy) is 1. The molecule has 2 rings (SSSR count). The highest BCUT2D eigenvalue weighted by Crippen LogP contribution is 2.11. The van der Waals surface area contributed by atoms with Crippen LogP contribution in [0.4, 0.5) is 0 Å². The van der Waals surface area contributed by atoms with Gasteiger partial charge < -0.3 is 4.74 Å². The fourth-order valence-corrected chi connectivity index (χ4v) is 2.32. The van der Waals surface area contributed by atoms with Gasteiger partial charge in [0.2, 0.25) is 0 Å². The van der Waals surface area contributed by atoms with Crippen molar-refractivity contribution in [3.8, 4) is 5.75 Å². The second-order valence-electron chi connectivity index (χ2n) is 6.41. The highest BCUT2D eigenvalue weighted by Gasteiger charge is 1.98. The van der Waals surface area contributed by atoms with Gasteiger partial charge in [0.1, 0.15) is 5.75 Å². The highest BCUT2D eigenvalue weighted by atomic mass is 16.5. The minimum Gasteiger partial charge on any atom is -0.494 e. The summed E-state index contributed by atoms with van der Waals surface area (Å²) >= 11 is 0. The Balaban J connectivity index is 0.000000243. The van der Waals surface area contributed by atoms with E-state index >= 15 is 0 Å². The minimum absolute atomic E-state index is 0.767. The first-order chi connectivity index (χ1) is 11.8. The first-order valence-electron chi connectivity index (χ1n) is 9.48. The van der Waals surface area contributed by atoms with E-state index in [-0.39, 0.29) is 0 Å². The SMILES string of the molecule is CCC(C)CCOc1ccccc1.CCCCCc1ccccc1. The van der Waals surface area contributed by atoms with Crippen LogP contribution in [0.3, 0.4) is 0 Å². The first kappa shape index (κ1) is 20.3. The first-order valence-corrected chi connectivity index (χ1v) is 9.48. The predicted octanol–water partition coefficient (Wildman–Crippen LogP) is 6.92. The van der Waals surface area contributed by atoms with E-state index in [9.17, 15) is 0 Å². The Bertz CT molecular complexity index is 492. The van der Waals surface area contributed by atoms with Gasteiger partial charge in [0.05, 0.1) is 6.61 Å². The van der Waals surface area contributed by atoms with Gasteiger partial charge in [-0.1, -0.05) is 88.6 Å². The molecule has 132 valence electrons. The maximum atomic E-state index is 5.58. The molecule has 0 N–H and O–H groups in total. The smallest absolute Gasteiger partial charge is 0.119 e. The van der Waals surface area contributed by atoms with Crippen LogP contribution in [0.5, 0.6) is 5.75 Å². The number of para-hydroxylation sites is 1. The molecular weight excluding hydrogens is 292 g/mol. The van der Waals surface area contributed by atoms with Crippen LogP contribution in [0.25, 0.3) is 0 Å². The summed E-state index contributed by atoms with van der Waals surface area (Å²) in [6, 6.07) is 20.7. The summed E-state index contributed by atoms with van der Waals surface area (Å²) < 4.78 is 5.58. The van der Waals surface area contributed by atoms with Gasteiger partial charge in [0.25, 0.3) is 0 Å². The summed E-state index contributed by atoms with van der Waals surface area (Å²) in [5.41, 5.74) is 1.47. The van der Waals surface area contributed by atoms with Crippen LogP contribution < -0.4 is 4.74 Å². The van der Waals surface area contributed by atoms with Gasteiger partial charge in [0, 0.05) is 0 Å². The van der Waals surface area contributed by atoms with E-state index in [0.29, 0.717) is 0 Å². The van der Waals surface area contributed by atoms with Crippen LogP contribution in [0.15, 0.2) is 60.7 Å². The summed E-state index contributed by atoms with van der Waals surface area (Å²) in [5.74, 6) is 1.74. The Morgan fingerprint density at radius 3 is 2.04 bits per heavy atom. The monoisotopic (exact) mass is 326 g/mol. The van der Waals surface area contributed by atoms with E-state index in [1.165, 1.54) is 37.7 Å². The molecule has 0 fully saturated rings. The Hall–Kier alpha value is -1.76. The third kappa shape index (κ3) is 10.1. The zero-order valence-electron chi connectivity index (χ0n) is 15.7. The average molecular weight is 327 g/mol. The summed E-state index contributed by atoms with van der Waals surface area (Å²) in [6.07, 6.45) is 7.63. The largest absolute Gasteiger partial charge is 0.494 e. The standard InChI is InChI=1S/C12H18O.C11H16/c1-3-11(2)9-10-13-12-7-5-4-6-8-12;1-2-3-5-8-11-9-6-4-7-10-11/h4-8,11H,3,9-10H2,1-2H3;4,6-7,9-10H,2-3,5,8H2,1H3. The molecule has 24 heavy (non-hydrogen) atoms. The Labute approximate surface area is 149 Å². The molecule has 0 aromatic heterocycles. The fraction of sp³-hybridized carbons (Fsp3) is 0.478. The average Bonchev–Trinajstić information content (AvgIpc) is 2.64. The van der Waals surface area contributed by atoms with Gasteiger partial charge in [-0.15, -0.1) is 0 Å². The summed E-state index contributed by atoms with van der Waals surface area (Å²) in [6.45, 7) is 7.55. The van der Waals surface area contributed by atoms with Crippen LogP contribution in [-0.2, 0) is 6.42 Å². The molecular formula is C23H34O. The molecule has 1 nitrogen and oxygen atoms in total. The molecule has 1 atom stereocenters. The topological polar surface area (TPSA) is 9.23 Å². The zero-order chi connectivity index (χ0) is 17.5. The number of hydrogen-bond donors (Lipinski definition) is 0. The van der Waals surface area contributed by atoms with E-state index in [0.717, 1.165) is 24.7 Å². The summed E-state index contributed by atoms with van der Waals surface area (Å²) in [5, 5.41) is 0. The lowest BCUT2D eigenvalue weighted by Crippen LogP contribution is -2.02. The molecule has 0 aliphatic carbocycles. The van der Waals surface area contributed by atoms with Gasteiger partial charge in [-0.3, -0.25) is 0 Å². The molecule has 0 spiro atoms. The highest BCUT2D eigenvalue weighted by molar-refractivity contribution is 5.20. The molecule has 0 aliphatic heterocycles. The number of rotatable bonds is 9. The second kappa shape index (κ2) is 13.7. The van der Waals surface area contributed by atoms with E-state index in [4.69, 9.17) is 4.74 Å². The quantitative estimate of drug-likeness (QED) is 0.454. The van der Waals surface area contributed by atoms with E-state index in [1.54, 1.807) is 0 Å². The number of benzene rings is 2. The van der Waals surface area contributed by atoms with Crippen molar-refractivity contribution in [3.05, 3.63) is 66.2 Å². The number of aryl methyl sites for hydroxylation is 1. The third-order valence-corrected chi connectivity index (χ3v) is 4.23. The van der Waals surface area contributed by atoms with Gasteiger partial charge in [-0.25, -0.2) is 0 Å². The molecule has 2 aromatic rings. The van der Waals surface area contributed by atoms with Crippen molar-refractivity contribution in [1.29, 1.82) is 0 Å². The van der Waals surface area contributed by atoms with Gasteiger partial charge in [-0.2, -0.15) is 0 Å². The molecule has 2 aromatic carbocycles. The van der Waals surface area contributed by atoms with Crippen molar-refractivity contribution < 1.29 is 4.74 Å². The normalized spacial score (nSPS) is 11.3. The summed E-state index contributed by atoms with van der Waals surface area (Å²) in [4.78, 5) is 0. The zero-order valence-corrected chi connectivity index (χ0v) is 15.7.